The van der Waals surface area contributed by atoms with Crippen molar-refractivity contribution in [1.29, 1.82) is 0 Å². The molecule has 0 bridgehead atoms. The minimum atomic E-state index is -4.00. The van der Waals surface area contributed by atoms with Gasteiger partial charge in [-0.2, -0.15) is 0 Å². The highest BCUT2D eigenvalue weighted by atomic mass is 35.5. The third-order valence-electron chi connectivity index (χ3n) is 3.32. The molecule has 0 saturated heterocycles. The zero-order chi connectivity index (χ0) is 20.0. The topological polar surface area (TPSA) is 83.0 Å². The van der Waals surface area contributed by atoms with E-state index in [1.165, 1.54) is 18.2 Å². The summed E-state index contributed by atoms with van der Waals surface area (Å²) in [5, 5.41) is 0.673. The molecular weight excluding hydrogens is 424 g/mol. The maximum absolute atomic E-state index is 13.1. The van der Waals surface area contributed by atoms with Gasteiger partial charge in [0.05, 0.1) is 4.91 Å². The van der Waals surface area contributed by atoms with E-state index < -0.39 is 21.0 Å². The summed E-state index contributed by atoms with van der Waals surface area (Å²) in [4.78, 5) is 8.29. The van der Waals surface area contributed by atoms with E-state index in [4.69, 9.17) is 11.6 Å². The van der Waals surface area contributed by atoms with E-state index in [1.54, 1.807) is 31.5 Å². The highest BCUT2D eigenvalue weighted by molar-refractivity contribution is 7.98. The fraction of sp³-hybridized carbons (Fsp3) is 0.222. The number of rotatable bonds is 8. The average molecular weight is 443 g/mol. The van der Waals surface area contributed by atoms with Crippen LogP contribution in [0.15, 0.2) is 68.5 Å². The van der Waals surface area contributed by atoms with Crippen molar-refractivity contribution < 1.29 is 13.0 Å². The first kappa shape index (κ1) is 21.8. The molecule has 0 aliphatic rings. The molecule has 0 aromatic carbocycles. The lowest BCUT2D eigenvalue weighted by Crippen LogP contribution is -2.12. The molecule has 5 nitrogen and oxygen atoms in total. The van der Waals surface area contributed by atoms with Gasteiger partial charge in [0, 0.05) is 23.0 Å². The van der Waals surface area contributed by atoms with Crippen molar-refractivity contribution in [1.82, 2.24) is 9.97 Å². The second-order valence-electron chi connectivity index (χ2n) is 5.43. The van der Waals surface area contributed by atoms with Crippen LogP contribution in [0.2, 0.25) is 0 Å². The van der Waals surface area contributed by atoms with Crippen LogP contribution in [-0.2, 0) is 21.0 Å². The molecule has 2 rings (SSSR count). The summed E-state index contributed by atoms with van der Waals surface area (Å²) < 4.78 is 39.2. The Bertz CT molecular complexity index is 963. The lowest BCUT2D eigenvalue weighted by Gasteiger charge is -2.09. The summed E-state index contributed by atoms with van der Waals surface area (Å²) in [5.74, 6) is 0.352. The van der Waals surface area contributed by atoms with E-state index >= 15 is 0 Å². The maximum atomic E-state index is 13.1. The average Bonchev–Trinajstić information content (AvgIpc) is 3.09. The van der Waals surface area contributed by atoms with Gasteiger partial charge in [0.25, 0.3) is 0 Å². The predicted octanol–water partition coefficient (Wildman–Crippen LogP) is 4.71. The largest absolute Gasteiger partial charge is 0.611 e. The number of hydrogen-bond acceptors (Lipinski definition) is 6. The third-order valence-corrected chi connectivity index (χ3v) is 8.52. The quantitative estimate of drug-likeness (QED) is 0.436. The fourth-order valence-electron chi connectivity index (χ4n) is 2.07. The zero-order valence-electron chi connectivity index (χ0n) is 14.9. The molecule has 0 amide bonds. The smallest absolute Gasteiger partial charge is 0.246 e. The minimum absolute atomic E-state index is 0.0553. The Labute approximate surface area is 171 Å². The molecule has 27 heavy (non-hydrogen) atoms. The van der Waals surface area contributed by atoms with E-state index in [2.05, 4.69) is 16.5 Å². The van der Waals surface area contributed by atoms with Crippen LogP contribution >= 0.6 is 22.9 Å². The summed E-state index contributed by atoms with van der Waals surface area (Å²) in [7, 11) is -4.00. The van der Waals surface area contributed by atoms with Crippen molar-refractivity contribution in [2.24, 2.45) is 0 Å². The maximum Gasteiger partial charge on any atom is 0.246 e. The van der Waals surface area contributed by atoms with Crippen LogP contribution in [0.3, 0.4) is 0 Å². The van der Waals surface area contributed by atoms with Gasteiger partial charge in [-0.05, 0) is 48.8 Å². The van der Waals surface area contributed by atoms with E-state index in [1.807, 2.05) is 6.92 Å². The van der Waals surface area contributed by atoms with Gasteiger partial charge in [-0.1, -0.05) is 42.5 Å². The molecule has 2 heterocycles. The Hall–Kier alpha value is -1.45. The lowest BCUT2D eigenvalue weighted by atomic mass is 10.3. The predicted molar refractivity (Wildman–Crippen MR) is 112 cm³/mol. The van der Waals surface area contributed by atoms with Crippen molar-refractivity contribution in [3.63, 3.8) is 0 Å². The fourth-order valence-corrected chi connectivity index (χ4v) is 6.72. The van der Waals surface area contributed by atoms with Gasteiger partial charge >= 0.3 is 0 Å². The normalized spacial score (nSPS) is 14.2. The van der Waals surface area contributed by atoms with Crippen LogP contribution in [0.25, 0.3) is 10.6 Å². The number of halogens is 1. The van der Waals surface area contributed by atoms with Gasteiger partial charge in [-0.25, -0.2) is 13.4 Å². The number of sulfone groups is 1. The minimum Gasteiger partial charge on any atom is -0.611 e. The number of aromatic nitrogens is 2. The van der Waals surface area contributed by atoms with Crippen molar-refractivity contribution in [2.45, 2.75) is 29.5 Å². The third kappa shape index (κ3) is 5.30. The summed E-state index contributed by atoms with van der Waals surface area (Å²) in [6.45, 7) is 7.10. The van der Waals surface area contributed by atoms with Crippen LogP contribution in [0, 0.1) is 0 Å². The monoisotopic (exact) mass is 442 g/mol. The summed E-state index contributed by atoms with van der Waals surface area (Å²) in [6, 6.07) is 3.51. The summed E-state index contributed by atoms with van der Waals surface area (Å²) >= 11 is 5.43. The van der Waals surface area contributed by atoms with Gasteiger partial charge < -0.3 is 4.55 Å². The van der Waals surface area contributed by atoms with E-state index in [0.29, 0.717) is 27.8 Å². The first-order valence-electron chi connectivity index (χ1n) is 8.02. The SMILES string of the molecule is C=C/C(=C\C=C(/C)Cl)S(=O)(=O)c1nc(-c2cccnc2)sc1[S+]([O-])CCC. The number of hydrogen-bond donors (Lipinski definition) is 0. The lowest BCUT2D eigenvalue weighted by molar-refractivity contribution is 0.585. The first-order chi connectivity index (χ1) is 12.8. The highest BCUT2D eigenvalue weighted by Crippen LogP contribution is 2.36. The standard InChI is InChI=1S/C18H19ClN2O3S3/c1-4-11-26(22)18-17(21-16(25-18)14-7-6-10-20-12-14)27(23,24)15(5-2)9-8-13(3)19/h5-10,12H,2,4,11H2,1,3H3/b13-8+,15-9+. The molecule has 1 unspecified atom stereocenters. The van der Waals surface area contributed by atoms with Crippen molar-refractivity contribution >= 4 is 44.0 Å². The van der Waals surface area contributed by atoms with E-state index in [0.717, 1.165) is 11.3 Å². The highest BCUT2D eigenvalue weighted by Gasteiger charge is 2.33. The molecule has 0 radical (unpaired) electrons. The van der Waals surface area contributed by atoms with Crippen molar-refractivity contribution in [3.8, 4) is 10.6 Å². The van der Waals surface area contributed by atoms with Crippen LogP contribution in [-0.4, -0.2) is 28.7 Å². The van der Waals surface area contributed by atoms with Gasteiger partial charge in [-0.15, -0.1) is 0 Å². The molecule has 144 valence electrons. The van der Waals surface area contributed by atoms with Crippen LogP contribution in [0.5, 0.6) is 0 Å². The molecule has 0 aliphatic heterocycles. The van der Waals surface area contributed by atoms with E-state index in [9.17, 15) is 13.0 Å². The number of allylic oxidation sites excluding steroid dienone is 4. The molecule has 2 aromatic rings. The Kier molecular flexibility index (Phi) is 7.81. The molecule has 0 spiro atoms. The number of thiazole rings is 1. The van der Waals surface area contributed by atoms with Gasteiger partial charge in [0.1, 0.15) is 10.8 Å². The molecule has 0 N–H and O–H groups in total. The second-order valence-corrected chi connectivity index (χ2v) is 10.7. The Morgan fingerprint density at radius 3 is 2.74 bits per heavy atom. The van der Waals surface area contributed by atoms with Crippen molar-refractivity contribution in [2.75, 3.05) is 5.75 Å². The Balaban J connectivity index is 2.66. The first-order valence-corrected chi connectivity index (χ1v) is 12.0. The summed E-state index contributed by atoms with van der Waals surface area (Å²) in [5.41, 5.74) is 0.666. The molecule has 0 saturated carbocycles. The number of nitrogens with zero attached hydrogens (tertiary/aromatic N) is 2. The van der Waals surface area contributed by atoms with Crippen LogP contribution < -0.4 is 0 Å². The van der Waals surface area contributed by atoms with Gasteiger partial charge in [-0.3, -0.25) is 4.98 Å². The Morgan fingerprint density at radius 1 is 1.44 bits per heavy atom. The number of pyridine rings is 1. The molecule has 2 aromatic heterocycles. The molecular formula is C18H19ClN2O3S3. The molecule has 0 fully saturated rings. The van der Waals surface area contributed by atoms with Crippen LogP contribution in [0.4, 0.5) is 0 Å². The zero-order valence-corrected chi connectivity index (χ0v) is 18.1. The van der Waals surface area contributed by atoms with Gasteiger partial charge in [0.15, 0.2) is 0 Å². The van der Waals surface area contributed by atoms with Crippen molar-refractivity contribution in [3.05, 3.63) is 59.3 Å². The second kappa shape index (κ2) is 9.66. The summed E-state index contributed by atoms with van der Waals surface area (Å²) in [6.07, 6.45) is 7.91. The van der Waals surface area contributed by atoms with Crippen LogP contribution in [0.1, 0.15) is 20.3 Å². The van der Waals surface area contributed by atoms with Gasteiger partial charge in [0.2, 0.25) is 19.1 Å². The molecule has 9 heteroatoms. The molecule has 1 atom stereocenters. The molecule has 0 aliphatic carbocycles. The Morgan fingerprint density at radius 2 is 2.19 bits per heavy atom. The van der Waals surface area contributed by atoms with E-state index in [-0.39, 0.29) is 14.1 Å².